The molecule has 2 amide bonds. The fourth-order valence-electron chi connectivity index (χ4n) is 2.94. The van der Waals surface area contributed by atoms with Crippen LogP contribution in [0.3, 0.4) is 0 Å². The Labute approximate surface area is 134 Å². The number of aryl methyl sites for hydroxylation is 1. The molecule has 1 aliphatic heterocycles. The van der Waals surface area contributed by atoms with E-state index in [4.69, 9.17) is 0 Å². The molecule has 0 aliphatic carbocycles. The third-order valence-electron chi connectivity index (χ3n) is 4.06. The van der Waals surface area contributed by atoms with Gasteiger partial charge in [0.25, 0.3) is 5.91 Å². The third-order valence-corrected chi connectivity index (χ3v) is 4.06. The minimum atomic E-state index is -0.210. The number of anilines is 1. The Balaban J connectivity index is 1.72. The minimum absolute atomic E-state index is 0.0429. The molecule has 1 unspecified atom stereocenters. The summed E-state index contributed by atoms with van der Waals surface area (Å²) in [6.07, 6.45) is 4.26. The number of nitrogens with one attached hydrogen (secondary N) is 2. The van der Waals surface area contributed by atoms with Crippen LogP contribution in [-0.2, 0) is 4.79 Å². The fraction of sp³-hybridized carbons (Fsp3) is 0.375. The van der Waals surface area contributed by atoms with Gasteiger partial charge in [0.15, 0.2) is 0 Å². The van der Waals surface area contributed by atoms with E-state index in [2.05, 4.69) is 20.5 Å². The predicted molar refractivity (Wildman–Crippen MR) is 85.1 cm³/mol. The van der Waals surface area contributed by atoms with E-state index < -0.39 is 0 Å². The highest BCUT2D eigenvalue weighted by molar-refractivity contribution is 5.96. The standard InChI is InChI=1S/C16H19N5O2/c1-10-8-18-20-15(10)13-4-6-21(9-13)16(23)12-3-5-17-14(7-12)19-11(2)22/h3,5,7-8,13H,4,6,9H2,1-2H3,(H,18,20)(H,17,19,22). The summed E-state index contributed by atoms with van der Waals surface area (Å²) in [7, 11) is 0. The molecule has 0 saturated carbocycles. The maximum Gasteiger partial charge on any atom is 0.254 e. The molecule has 1 saturated heterocycles. The van der Waals surface area contributed by atoms with Gasteiger partial charge in [-0.05, 0) is 31.0 Å². The summed E-state index contributed by atoms with van der Waals surface area (Å²) in [6.45, 7) is 4.80. The number of hydrogen-bond acceptors (Lipinski definition) is 4. The molecular weight excluding hydrogens is 294 g/mol. The molecule has 1 fully saturated rings. The van der Waals surface area contributed by atoms with E-state index in [0.717, 1.165) is 17.7 Å². The van der Waals surface area contributed by atoms with Gasteiger partial charge in [0.2, 0.25) is 5.91 Å². The molecular formula is C16H19N5O2. The smallest absolute Gasteiger partial charge is 0.254 e. The lowest BCUT2D eigenvalue weighted by atomic mass is 10.0. The zero-order chi connectivity index (χ0) is 16.4. The van der Waals surface area contributed by atoms with Crippen molar-refractivity contribution in [2.24, 2.45) is 0 Å². The number of likely N-dealkylation sites (tertiary alicyclic amines) is 1. The van der Waals surface area contributed by atoms with Crippen molar-refractivity contribution in [3.8, 4) is 0 Å². The summed E-state index contributed by atoms with van der Waals surface area (Å²) < 4.78 is 0. The number of aromatic amines is 1. The molecule has 0 aromatic carbocycles. The lowest BCUT2D eigenvalue weighted by Crippen LogP contribution is -2.28. The highest BCUT2D eigenvalue weighted by atomic mass is 16.2. The summed E-state index contributed by atoms with van der Waals surface area (Å²) in [4.78, 5) is 29.6. The van der Waals surface area contributed by atoms with Gasteiger partial charge >= 0.3 is 0 Å². The second kappa shape index (κ2) is 6.20. The van der Waals surface area contributed by atoms with Crippen molar-refractivity contribution < 1.29 is 9.59 Å². The van der Waals surface area contributed by atoms with Crippen molar-refractivity contribution >= 4 is 17.6 Å². The summed E-state index contributed by atoms with van der Waals surface area (Å²) in [5.41, 5.74) is 2.76. The number of amides is 2. The molecule has 7 nitrogen and oxygen atoms in total. The van der Waals surface area contributed by atoms with Crippen LogP contribution in [0.1, 0.15) is 40.9 Å². The molecule has 2 aromatic rings. The van der Waals surface area contributed by atoms with Crippen LogP contribution >= 0.6 is 0 Å². The second-order valence-corrected chi connectivity index (χ2v) is 5.81. The Morgan fingerprint density at radius 1 is 1.43 bits per heavy atom. The molecule has 2 N–H and O–H groups in total. The monoisotopic (exact) mass is 313 g/mol. The quantitative estimate of drug-likeness (QED) is 0.902. The molecule has 2 aromatic heterocycles. The predicted octanol–water partition coefficient (Wildman–Crippen LogP) is 1.70. The zero-order valence-corrected chi connectivity index (χ0v) is 13.2. The first-order valence-corrected chi connectivity index (χ1v) is 7.57. The zero-order valence-electron chi connectivity index (χ0n) is 13.2. The number of nitrogens with zero attached hydrogens (tertiary/aromatic N) is 3. The van der Waals surface area contributed by atoms with Crippen molar-refractivity contribution in [2.75, 3.05) is 18.4 Å². The summed E-state index contributed by atoms with van der Waals surface area (Å²) in [5.74, 6) is 0.429. The van der Waals surface area contributed by atoms with Crippen LogP contribution in [0.15, 0.2) is 24.5 Å². The highest BCUT2D eigenvalue weighted by Crippen LogP contribution is 2.28. The lowest BCUT2D eigenvalue weighted by Gasteiger charge is -2.17. The molecule has 0 spiro atoms. The molecule has 0 bridgehead atoms. The molecule has 1 aliphatic rings. The normalized spacial score (nSPS) is 17.3. The van der Waals surface area contributed by atoms with Crippen molar-refractivity contribution in [1.29, 1.82) is 0 Å². The van der Waals surface area contributed by atoms with Crippen LogP contribution in [0.4, 0.5) is 5.82 Å². The van der Waals surface area contributed by atoms with Gasteiger partial charge < -0.3 is 10.2 Å². The average molecular weight is 313 g/mol. The Bertz CT molecular complexity index is 740. The van der Waals surface area contributed by atoms with E-state index in [0.29, 0.717) is 24.5 Å². The van der Waals surface area contributed by atoms with Crippen molar-refractivity contribution in [3.63, 3.8) is 0 Å². The van der Waals surface area contributed by atoms with Gasteiger partial charge in [-0.2, -0.15) is 5.10 Å². The van der Waals surface area contributed by atoms with Gasteiger partial charge in [-0.15, -0.1) is 0 Å². The number of aromatic nitrogens is 3. The van der Waals surface area contributed by atoms with Crippen LogP contribution in [0, 0.1) is 6.92 Å². The van der Waals surface area contributed by atoms with E-state index in [-0.39, 0.29) is 17.7 Å². The first kappa shape index (κ1) is 15.2. The number of pyridine rings is 1. The van der Waals surface area contributed by atoms with E-state index in [9.17, 15) is 9.59 Å². The SMILES string of the molecule is CC(=O)Nc1cc(C(=O)N2CCC(c3[nH]ncc3C)C2)ccn1. The first-order valence-electron chi connectivity index (χ1n) is 7.57. The van der Waals surface area contributed by atoms with Crippen LogP contribution in [0.2, 0.25) is 0 Å². The Morgan fingerprint density at radius 3 is 2.96 bits per heavy atom. The molecule has 120 valence electrons. The van der Waals surface area contributed by atoms with Crippen LogP contribution in [0.25, 0.3) is 0 Å². The fourth-order valence-corrected chi connectivity index (χ4v) is 2.94. The van der Waals surface area contributed by atoms with Crippen molar-refractivity contribution in [1.82, 2.24) is 20.1 Å². The van der Waals surface area contributed by atoms with E-state index >= 15 is 0 Å². The topological polar surface area (TPSA) is 91.0 Å². The number of rotatable bonds is 3. The van der Waals surface area contributed by atoms with E-state index in [1.807, 2.05) is 18.0 Å². The Morgan fingerprint density at radius 2 is 2.26 bits per heavy atom. The number of carbonyl (C=O) groups is 2. The van der Waals surface area contributed by atoms with Gasteiger partial charge in [0.05, 0.1) is 6.20 Å². The first-order chi connectivity index (χ1) is 11.0. The average Bonchev–Trinajstić information content (AvgIpc) is 3.14. The summed E-state index contributed by atoms with van der Waals surface area (Å²) in [6, 6.07) is 3.28. The van der Waals surface area contributed by atoms with E-state index in [1.54, 1.807) is 12.1 Å². The van der Waals surface area contributed by atoms with Gasteiger partial charge in [0, 0.05) is 43.4 Å². The summed E-state index contributed by atoms with van der Waals surface area (Å²) >= 11 is 0. The van der Waals surface area contributed by atoms with Crippen molar-refractivity contribution in [3.05, 3.63) is 41.3 Å². The number of hydrogen-bond donors (Lipinski definition) is 2. The van der Waals surface area contributed by atoms with Crippen molar-refractivity contribution in [2.45, 2.75) is 26.2 Å². The van der Waals surface area contributed by atoms with Gasteiger partial charge in [-0.25, -0.2) is 4.98 Å². The second-order valence-electron chi connectivity index (χ2n) is 5.81. The Hall–Kier alpha value is -2.70. The summed E-state index contributed by atoms with van der Waals surface area (Å²) in [5, 5.41) is 9.68. The van der Waals surface area contributed by atoms with Gasteiger partial charge in [0.1, 0.15) is 5.82 Å². The molecule has 23 heavy (non-hydrogen) atoms. The third kappa shape index (κ3) is 3.23. The van der Waals surface area contributed by atoms with E-state index in [1.165, 1.54) is 13.1 Å². The molecule has 3 heterocycles. The maximum absolute atomic E-state index is 12.6. The van der Waals surface area contributed by atoms with Gasteiger partial charge in [-0.3, -0.25) is 14.7 Å². The van der Waals surface area contributed by atoms with Gasteiger partial charge in [-0.1, -0.05) is 0 Å². The highest BCUT2D eigenvalue weighted by Gasteiger charge is 2.29. The number of H-pyrrole nitrogens is 1. The van der Waals surface area contributed by atoms with Crippen LogP contribution in [-0.4, -0.2) is 45.0 Å². The molecule has 1 atom stereocenters. The van der Waals surface area contributed by atoms with Crippen LogP contribution < -0.4 is 5.32 Å². The molecule has 7 heteroatoms. The minimum Gasteiger partial charge on any atom is -0.338 e. The lowest BCUT2D eigenvalue weighted by molar-refractivity contribution is -0.114. The molecule has 0 radical (unpaired) electrons. The largest absolute Gasteiger partial charge is 0.338 e. The number of carbonyl (C=O) groups excluding carboxylic acids is 2. The molecule has 3 rings (SSSR count). The van der Waals surface area contributed by atoms with Crippen LogP contribution in [0.5, 0.6) is 0 Å². The Kier molecular flexibility index (Phi) is 4.10. The maximum atomic E-state index is 12.6.